The summed E-state index contributed by atoms with van der Waals surface area (Å²) in [6.07, 6.45) is 9.37. The lowest BCUT2D eigenvalue weighted by Crippen LogP contribution is -2.05. The molecule has 0 N–H and O–H groups in total. The van der Waals surface area contributed by atoms with Crippen molar-refractivity contribution in [2.75, 3.05) is 0 Å². The van der Waals surface area contributed by atoms with Gasteiger partial charge in [0.15, 0.2) is 58.7 Å². The molecule has 0 atom stereocenters. The van der Waals surface area contributed by atoms with Crippen LogP contribution in [0.3, 0.4) is 0 Å². The predicted molar refractivity (Wildman–Crippen MR) is 363 cm³/mol. The molecule has 0 aliphatic carbocycles. The third-order valence-electron chi connectivity index (χ3n) is 14.2. The fraction of sp³-hybridized carbons (Fsp3) is 0.100. The summed E-state index contributed by atoms with van der Waals surface area (Å²) in [5.41, 5.74) is 1.47. The van der Waals surface area contributed by atoms with E-state index in [1.165, 1.54) is 148 Å². The molecule has 0 unspecified atom stereocenters. The van der Waals surface area contributed by atoms with Gasteiger partial charge < -0.3 is 0 Å². The number of rotatable bonds is 19. The van der Waals surface area contributed by atoms with Crippen molar-refractivity contribution in [3.63, 3.8) is 0 Å². The maximum atomic E-state index is 13.2. The molecule has 0 radical (unpaired) electrons. The van der Waals surface area contributed by atoms with E-state index in [1.807, 2.05) is 78.9 Å². The molecular weight excluding hydrogens is 1200 g/mol. The molecule has 0 bridgehead atoms. The molecule has 90 heavy (non-hydrogen) atoms. The number of unbranched alkanes of at least 4 members (excludes halogenated alkanes) is 5. The largest absolute Gasteiger partial charge is 0.207 e. The first-order valence-electron chi connectivity index (χ1n) is 29.9. The lowest BCUT2D eigenvalue weighted by molar-refractivity contribution is 0.607. The standard InChI is InChI=1S/C26H31S.C18H12F3S.C18H13F2S.C18H14FS/c1-2-3-4-5-6-9-14-23-19-21-26(22-20-23)27(24-15-10-7-11-16-24)25-17-12-8-13-18-25;19-13-1-7-16(8-2-13)22(17-9-3-14(20)4-10-17)18-11-5-15(21)6-12-18;19-14-6-10-17(11-7-14)21(16-4-2-1-3-5-16)18-12-8-15(20)9-13-18;19-15-11-13-18(14-12-15)20(16-7-3-1-4-8-16)17-9-5-2-6-10-17/h7-8,10-13,15-22H,2-6,9,14H2,1H3;1-12H;1-13H;1-14H/q4*+1. The van der Waals surface area contributed by atoms with Crippen LogP contribution in [-0.4, -0.2) is 0 Å². The highest BCUT2D eigenvalue weighted by Gasteiger charge is 2.32. The minimum Gasteiger partial charge on any atom is -0.207 e. The van der Waals surface area contributed by atoms with Crippen LogP contribution in [0.25, 0.3) is 0 Å². The zero-order valence-corrected chi connectivity index (χ0v) is 53.2. The molecule has 452 valence electrons. The van der Waals surface area contributed by atoms with Gasteiger partial charge in [0.1, 0.15) is 34.9 Å². The van der Waals surface area contributed by atoms with Gasteiger partial charge >= 0.3 is 0 Å². The van der Waals surface area contributed by atoms with E-state index < -0.39 is 10.9 Å². The summed E-state index contributed by atoms with van der Waals surface area (Å²) in [6, 6.07) is 100. The molecule has 12 aromatic carbocycles. The average Bonchev–Trinajstić information content (AvgIpc) is 2.50. The van der Waals surface area contributed by atoms with Gasteiger partial charge in [-0.2, -0.15) is 0 Å². The summed E-state index contributed by atoms with van der Waals surface area (Å²) in [7, 11) is -1.13. The summed E-state index contributed by atoms with van der Waals surface area (Å²) < 4.78 is 79.0. The highest BCUT2D eigenvalue weighted by Crippen LogP contribution is 2.35. The van der Waals surface area contributed by atoms with Gasteiger partial charge in [0.05, 0.1) is 43.6 Å². The Morgan fingerprint density at radius 3 is 0.556 bits per heavy atom. The van der Waals surface area contributed by atoms with Crippen LogP contribution in [0.5, 0.6) is 0 Å². The highest BCUT2D eigenvalue weighted by atomic mass is 32.2. The van der Waals surface area contributed by atoms with Gasteiger partial charge in [-0.15, -0.1) is 0 Å². The summed E-state index contributed by atoms with van der Waals surface area (Å²) in [6.45, 7) is 2.28. The Hall–Kier alpha value is -8.38. The van der Waals surface area contributed by atoms with E-state index >= 15 is 0 Å². The summed E-state index contributed by atoms with van der Waals surface area (Å²) in [5.74, 6) is -1.65. The SMILES string of the molecule is CCCCCCCCc1ccc([S+](c2ccccc2)c2ccccc2)cc1.Fc1ccc([S+](c2ccc(F)cc2)c2ccc(F)cc2)cc1.Fc1ccc([S+](c2ccccc2)c2ccc(F)cc2)cc1.Fc1ccc([S+](c2ccccc2)c2ccccc2)cc1. The molecule has 0 aromatic heterocycles. The monoisotopic (exact) mass is 1270 g/mol. The lowest BCUT2D eigenvalue weighted by Gasteiger charge is -2.09. The van der Waals surface area contributed by atoms with E-state index in [1.54, 1.807) is 60.7 Å². The second-order valence-electron chi connectivity index (χ2n) is 20.7. The van der Waals surface area contributed by atoms with Gasteiger partial charge in [-0.3, -0.25) is 0 Å². The van der Waals surface area contributed by atoms with Crippen molar-refractivity contribution >= 4 is 43.6 Å². The fourth-order valence-electron chi connectivity index (χ4n) is 9.74. The van der Waals surface area contributed by atoms with Gasteiger partial charge in [-0.1, -0.05) is 142 Å². The number of benzene rings is 12. The third-order valence-corrected chi connectivity index (χ3v) is 23.1. The Labute approximate surface area is 538 Å². The smallest absolute Gasteiger partial charge is 0.166 e. The molecule has 12 rings (SSSR count). The van der Waals surface area contributed by atoms with Gasteiger partial charge in [-0.05, 0) is 237 Å². The first-order chi connectivity index (χ1) is 44.1. The van der Waals surface area contributed by atoms with Crippen LogP contribution in [0.1, 0.15) is 51.0 Å². The summed E-state index contributed by atoms with van der Waals surface area (Å²) >= 11 is 0. The zero-order chi connectivity index (χ0) is 62.7. The number of hydrogen-bond acceptors (Lipinski definition) is 0. The second-order valence-corrected chi connectivity index (χ2v) is 28.8. The predicted octanol–water partition coefficient (Wildman–Crippen LogP) is 22.9. The van der Waals surface area contributed by atoms with Crippen LogP contribution in [0, 0.1) is 34.9 Å². The Balaban J connectivity index is 0.000000143. The van der Waals surface area contributed by atoms with Gasteiger partial charge in [0, 0.05) is 0 Å². The summed E-state index contributed by atoms with van der Waals surface area (Å²) in [5, 5.41) is 0. The Morgan fingerprint density at radius 2 is 0.356 bits per heavy atom. The Kier molecular flexibility index (Phi) is 25.8. The molecule has 0 spiro atoms. The molecule has 0 amide bonds. The zero-order valence-electron chi connectivity index (χ0n) is 50.0. The maximum Gasteiger partial charge on any atom is 0.166 e. The molecule has 12 aromatic rings. The van der Waals surface area contributed by atoms with Crippen LogP contribution >= 0.6 is 0 Å². The van der Waals surface area contributed by atoms with E-state index in [-0.39, 0.29) is 67.6 Å². The second kappa shape index (κ2) is 35.1. The molecule has 0 heterocycles. The van der Waals surface area contributed by atoms with Crippen molar-refractivity contribution in [3.8, 4) is 0 Å². The fourth-order valence-corrected chi connectivity index (χ4v) is 18.0. The van der Waals surface area contributed by atoms with Crippen LogP contribution in [0.2, 0.25) is 0 Å². The van der Waals surface area contributed by atoms with E-state index in [2.05, 4.69) is 116 Å². The van der Waals surface area contributed by atoms with Crippen molar-refractivity contribution in [1.29, 1.82) is 0 Å². The average molecular weight is 1270 g/mol. The first kappa shape index (κ1) is 66.0. The molecule has 10 heteroatoms. The van der Waals surface area contributed by atoms with Gasteiger partial charge in [0.2, 0.25) is 0 Å². The molecule has 0 saturated carbocycles. The van der Waals surface area contributed by atoms with Crippen molar-refractivity contribution in [3.05, 3.63) is 362 Å². The highest BCUT2D eigenvalue weighted by molar-refractivity contribution is 7.98. The molecule has 0 nitrogen and oxygen atoms in total. The first-order valence-corrected chi connectivity index (χ1v) is 34.8. The van der Waals surface area contributed by atoms with Crippen LogP contribution in [-0.2, 0) is 50.0 Å². The van der Waals surface area contributed by atoms with E-state index in [4.69, 9.17) is 0 Å². The van der Waals surface area contributed by atoms with Gasteiger partial charge in [0.25, 0.3) is 0 Å². The van der Waals surface area contributed by atoms with Gasteiger partial charge in [-0.25, -0.2) is 26.3 Å². The minimum atomic E-state index is -0.539. The quantitative estimate of drug-likeness (QED) is 0.0430. The van der Waals surface area contributed by atoms with E-state index in [0.717, 1.165) is 34.3 Å². The molecule has 0 saturated heterocycles. The molecule has 0 fully saturated rings. The van der Waals surface area contributed by atoms with E-state index in [9.17, 15) is 26.3 Å². The Morgan fingerprint density at radius 1 is 0.189 bits per heavy atom. The third kappa shape index (κ3) is 19.8. The maximum absolute atomic E-state index is 13.2. The molecule has 0 aliphatic rings. The minimum absolute atomic E-state index is 0.0341. The van der Waals surface area contributed by atoms with Crippen LogP contribution < -0.4 is 0 Å². The van der Waals surface area contributed by atoms with Crippen molar-refractivity contribution in [2.45, 2.75) is 111 Å². The number of hydrogen-bond donors (Lipinski definition) is 0. The molecular formula is C80H70F6S4+4. The Bertz CT molecular complexity index is 3710. The number of halogens is 6. The summed E-state index contributed by atoms with van der Waals surface area (Å²) in [4.78, 5) is 13.6. The lowest BCUT2D eigenvalue weighted by atomic mass is 10.1. The topological polar surface area (TPSA) is 0 Å². The van der Waals surface area contributed by atoms with Crippen LogP contribution in [0.4, 0.5) is 26.3 Å². The van der Waals surface area contributed by atoms with Crippen molar-refractivity contribution in [1.82, 2.24) is 0 Å². The molecule has 0 aliphatic heterocycles. The van der Waals surface area contributed by atoms with Crippen molar-refractivity contribution in [2.24, 2.45) is 0 Å². The normalized spacial score (nSPS) is 10.9. The van der Waals surface area contributed by atoms with Crippen molar-refractivity contribution < 1.29 is 26.3 Å². The van der Waals surface area contributed by atoms with E-state index in [0.29, 0.717) is 0 Å². The number of aryl methyl sites for hydroxylation is 1. The van der Waals surface area contributed by atoms with Crippen LogP contribution in [0.15, 0.2) is 380 Å².